The van der Waals surface area contributed by atoms with Gasteiger partial charge in [-0.3, -0.25) is 9.59 Å². The maximum atomic E-state index is 14.0. The molecule has 1 aliphatic heterocycles. The maximum absolute atomic E-state index is 14.0. The zero-order chi connectivity index (χ0) is 20.3. The van der Waals surface area contributed by atoms with E-state index in [1.807, 2.05) is 11.4 Å². The molecule has 1 amide bonds. The fourth-order valence-electron chi connectivity index (χ4n) is 3.84. The van der Waals surface area contributed by atoms with E-state index in [9.17, 15) is 18.4 Å². The molecular weight excluding hydrogens is 400 g/mol. The molecule has 0 spiro atoms. The number of fused-ring (bicyclic) bond motifs is 4. The van der Waals surface area contributed by atoms with Crippen molar-refractivity contribution in [1.29, 1.82) is 0 Å². The quantitative estimate of drug-likeness (QED) is 0.524. The molecule has 2 N–H and O–H groups in total. The van der Waals surface area contributed by atoms with Crippen molar-refractivity contribution in [3.8, 4) is 0 Å². The molecular formula is C20H15F2N3O3S. The van der Waals surface area contributed by atoms with Gasteiger partial charge in [-0.25, -0.2) is 8.78 Å². The lowest BCUT2D eigenvalue weighted by atomic mass is 9.95. The summed E-state index contributed by atoms with van der Waals surface area (Å²) in [6.07, 6.45) is 0. The van der Waals surface area contributed by atoms with Crippen molar-refractivity contribution in [2.45, 2.75) is 12.6 Å². The molecule has 6 nitrogen and oxygen atoms in total. The van der Waals surface area contributed by atoms with E-state index in [-0.39, 0.29) is 29.9 Å². The van der Waals surface area contributed by atoms with Crippen LogP contribution in [0.1, 0.15) is 27.8 Å². The van der Waals surface area contributed by atoms with E-state index in [1.54, 1.807) is 13.1 Å². The van der Waals surface area contributed by atoms with Crippen LogP contribution < -0.4 is 5.56 Å². The number of benzene rings is 1. The van der Waals surface area contributed by atoms with Crippen molar-refractivity contribution in [2.75, 3.05) is 13.7 Å². The molecule has 3 aromatic heterocycles. The Kier molecular flexibility index (Phi) is 4.04. The predicted octanol–water partition coefficient (Wildman–Crippen LogP) is 3.69. The van der Waals surface area contributed by atoms with Crippen molar-refractivity contribution in [3.63, 3.8) is 0 Å². The van der Waals surface area contributed by atoms with E-state index >= 15 is 0 Å². The fourth-order valence-corrected chi connectivity index (χ4v) is 4.63. The summed E-state index contributed by atoms with van der Waals surface area (Å²) in [5.41, 5.74) is 0.916. The lowest BCUT2D eigenvalue weighted by Gasteiger charge is -2.33. The van der Waals surface area contributed by atoms with Gasteiger partial charge in [0.05, 0.1) is 24.6 Å². The highest BCUT2D eigenvalue weighted by molar-refractivity contribution is 7.16. The van der Waals surface area contributed by atoms with Crippen molar-refractivity contribution in [1.82, 2.24) is 14.9 Å². The Hall–Kier alpha value is -3.04. The molecule has 0 aliphatic carbocycles. The van der Waals surface area contributed by atoms with Gasteiger partial charge < -0.3 is 19.6 Å². The SMILES string of the molecule is CN(C(=O)c1cc2ccsc2[nH]1)[C@H]1COCc2[nH]c(=O)c3cc(F)c(F)cc3c21. The standard InChI is InChI=1S/C20H15F2N3O3S/c1-25(20(27)14-4-9-2-3-29-19(9)24-14)16-8-28-7-15-17(16)10-5-12(21)13(22)6-11(10)18(26)23-15/h2-6,16,24H,7-8H2,1H3,(H,23,26)/t16-/m0/s1. The minimum atomic E-state index is -1.09. The molecule has 0 bridgehead atoms. The summed E-state index contributed by atoms with van der Waals surface area (Å²) in [5, 5.41) is 3.19. The molecule has 5 rings (SSSR count). The van der Waals surface area contributed by atoms with Crippen LogP contribution in [-0.4, -0.2) is 34.4 Å². The number of pyridine rings is 1. The van der Waals surface area contributed by atoms with Crippen LogP contribution in [-0.2, 0) is 11.3 Å². The van der Waals surface area contributed by atoms with Crippen LogP contribution in [0.2, 0.25) is 0 Å². The second-order valence-electron chi connectivity index (χ2n) is 6.99. The second-order valence-corrected chi connectivity index (χ2v) is 7.91. The minimum Gasteiger partial charge on any atom is -0.373 e. The third-order valence-corrected chi connectivity index (χ3v) is 6.15. The van der Waals surface area contributed by atoms with Gasteiger partial charge in [0.1, 0.15) is 10.5 Å². The average Bonchev–Trinajstić information content (AvgIpc) is 3.30. The number of nitrogens with one attached hydrogen (secondary N) is 2. The van der Waals surface area contributed by atoms with E-state index in [0.29, 0.717) is 17.0 Å². The summed E-state index contributed by atoms with van der Waals surface area (Å²) in [5.74, 6) is -2.41. The van der Waals surface area contributed by atoms with Gasteiger partial charge in [0.15, 0.2) is 11.6 Å². The first kappa shape index (κ1) is 18.0. The molecule has 0 fully saturated rings. The fraction of sp³-hybridized carbons (Fsp3) is 0.200. The summed E-state index contributed by atoms with van der Waals surface area (Å²) in [6, 6.07) is 5.02. The molecule has 0 saturated carbocycles. The van der Waals surface area contributed by atoms with Crippen LogP contribution in [0.4, 0.5) is 8.78 Å². The van der Waals surface area contributed by atoms with Gasteiger partial charge in [-0.2, -0.15) is 0 Å². The number of rotatable bonds is 2. The van der Waals surface area contributed by atoms with Crippen molar-refractivity contribution in [2.24, 2.45) is 0 Å². The molecule has 0 radical (unpaired) electrons. The van der Waals surface area contributed by atoms with Gasteiger partial charge in [0.25, 0.3) is 11.5 Å². The highest BCUT2D eigenvalue weighted by Crippen LogP contribution is 2.34. The Morgan fingerprint density at radius 3 is 2.72 bits per heavy atom. The first-order valence-electron chi connectivity index (χ1n) is 8.89. The number of H-pyrrole nitrogens is 2. The van der Waals surface area contributed by atoms with Gasteiger partial charge in [-0.05, 0) is 35.0 Å². The average molecular weight is 415 g/mol. The molecule has 1 atom stereocenters. The number of hydrogen-bond acceptors (Lipinski definition) is 4. The number of nitrogens with zero attached hydrogens (tertiary/aromatic N) is 1. The van der Waals surface area contributed by atoms with Crippen LogP contribution in [0.25, 0.3) is 21.0 Å². The summed E-state index contributed by atoms with van der Waals surface area (Å²) >= 11 is 1.50. The van der Waals surface area contributed by atoms with Crippen LogP contribution >= 0.6 is 11.3 Å². The van der Waals surface area contributed by atoms with Crippen LogP contribution in [0, 0.1) is 11.6 Å². The number of carbonyl (C=O) groups is 1. The lowest BCUT2D eigenvalue weighted by molar-refractivity contribution is 0.0333. The van der Waals surface area contributed by atoms with Crippen LogP contribution in [0.15, 0.2) is 34.4 Å². The Balaban J connectivity index is 1.63. The van der Waals surface area contributed by atoms with Crippen molar-refractivity contribution in [3.05, 3.63) is 68.6 Å². The maximum Gasteiger partial charge on any atom is 0.270 e. The third kappa shape index (κ3) is 2.77. The third-order valence-electron chi connectivity index (χ3n) is 5.30. The summed E-state index contributed by atoms with van der Waals surface area (Å²) < 4.78 is 33.3. The number of hydrogen-bond donors (Lipinski definition) is 2. The number of ether oxygens (including phenoxy) is 1. The van der Waals surface area contributed by atoms with Crippen molar-refractivity contribution < 1.29 is 18.3 Å². The molecule has 1 aromatic carbocycles. The first-order valence-corrected chi connectivity index (χ1v) is 9.77. The van der Waals surface area contributed by atoms with Gasteiger partial charge in [0.2, 0.25) is 0 Å². The number of aromatic amines is 2. The molecule has 4 aromatic rings. The smallest absolute Gasteiger partial charge is 0.270 e. The highest BCUT2D eigenvalue weighted by atomic mass is 32.1. The zero-order valence-corrected chi connectivity index (χ0v) is 16.0. The normalized spacial score (nSPS) is 16.3. The second kappa shape index (κ2) is 6.50. The van der Waals surface area contributed by atoms with E-state index in [2.05, 4.69) is 9.97 Å². The van der Waals surface area contributed by atoms with Gasteiger partial charge in [-0.1, -0.05) is 0 Å². The topological polar surface area (TPSA) is 78.2 Å². The number of likely N-dealkylation sites (N-methyl/N-ethyl adjacent to an activating group) is 1. The number of aromatic nitrogens is 2. The Morgan fingerprint density at radius 1 is 1.21 bits per heavy atom. The summed E-state index contributed by atoms with van der Waals surface area (Å²) in [6.45, 7) is 0.292. The van der Waals surface area contributed by atoms with Gasteiger partial charge >= 0.3 is 0 Å². The Morgan fingerprint density at radius 2 is 1.97 bits per heavy atom. The number of halogens is 2. The predicted molar refractivity (Wildman–Crippen MR) is 105 cm³/mol. The van der Waals surface area contributed by atoms with E-state index in [1.165, 1.54) is 16.2 Å². The summed E-state index contributed by atoms with van der Waals surface area (Å²) in [7, 11) is 1.62. The summed E-state index contributed by atoms with van der Waals surface area (Å²) in [4.78, 5) is 33.6. The van der Waals surface area contributed by atoms with Crippen LogP contribution in [0.3, 0.4) is 0 Å². The number of amides is 1. The highest BCUT2D eigenvalue weighted by Gasteiger charge is 2.32. The Bertz CT molecular complexity index is 1310. The van der Waals surface area contributed by atoms with Crippen molar-refractivity contribution >= 4 is 38.2 Å². The molecule has 29 heavy (non-hydrogen) atoms. The molecule has 9 heteroatoms. The monoisotopic (exact) mass is 415 g/mol. The largest absolute Gasteiger partial charge is 0.373 e. The molecule has 1 aliphatic rings. The zero-order valence-electron chi connectivity index (χ0n) is 15.2. The van der Waals surface area contributed by atoms with E-state index in [0.717, 1.165) is 22.3 Å². The van der Waals surface area contributed by atoms with Gasteiger partial charge in [-0.15, -0.1) is 11.3 Å². The van der Waals surface area contributed by atoms with Crippen LogP contribution in [0.5, 0.6) is 0 Å². The number of carbonyl (C=O) groups excluding carboxylic acids is 1. The van der Waals surface area contributed by atoms with E-state index in [4.69, 9.17) is 4.74 Å². The molecule has 0 unspecified atom stereocenters. The number of thiophene rings is 1. The molecule has 148 valence electrons. The minimum absolute atomic E-state index is 0.0378. The molecule has 0 saturated heterocycles. The Labute approximate surface area is 166 Å². The molecule has 4 heterocycles. The lowest BCUT2D eigenvalue weighted by Crippen LogP contribution is -2.37. The van der Waals surface area contributed by atoms with E-state index < -0.39 is 23.2 Å². The van der Waals surface area contributed by atoms with Gasteiger partial charge in [0, 0.05) is 23.7 Å². The first-order chi connectivity index (χ1) is 13.9.